The topological polar surface area (TPSA) is 33.6 Å². The summed E-state index contributed by atoms with van der Waals surface area (Å²) in [5.41, 5.74) is 0.745. The zero-order valence-corrected chi connectivity index (χ0v) is 9.63. The Morgan fingerprint density at radius 3 is 2.83 bits per heavy atom. The molecule has 18 heavy (non-hydrogen) atoms. The van der Waals surface area contributed by atoms with Crippen LogP contribution in [0.15, 0.2) is 29.3 Å². The average molecular weight is 258 g/mol. The molecule has 0 amide bonds. The molecule has 0 saturated carbocycles. The van der Waals surface area contributed by atoms with E-state index in [4.69, 9.17) is 4.74 Å². The van der Waals surface area contributed by atoms with E-state index in [0.29, 0.717) is 5.84 Å². The van der Waals surface area contributed by atoms with Crippen molar-refractivity contribution in [3.05, 3.63) is 29.8 Å². The summed E-state index contributed by atoms with van der Waals surface area (Å²) in [6, 6.07) is 6.50. The Labute approximate surface area is 103 Å². The van der Waals surface area contributed by atoms with E-state index < -0.39 is 12.8 Å². The van der Waals surface area contributed by atoms with Gasteiger partial charge in [-0.25, -0.2) is 0 Å². The van der Waals surface area contributed by atoms with Gasteiger partial charge >= 0.3 is 6.18 Å². The molecule has 0 spiro atoms. The Morgan fingerprint density at radius 1 is 1.33 bits per heavy atom. The van der Waals surface area contributed by atoms with Gasteiger partial charge in [-0.05, 0) is 18.6 Å². The number of nitrogens with one attached hydrogen (secondary N) is 1. The third-order valence-electron chi connectivity index (χ3n) is 2.41. The van der Waals surface area contributed by atoms with Gasteiger partial charge in [0.15, 0.2) is 6.61 Å². The maximum Gasteiger partial charge on any atom is 0.422 e. The SMILES string of the molecule is FC(F)(F)COc1cccc(C2=NCCCN2)c1. The van der Waals surface area contributed by atoms with Crippen molar-refractivity contribution in [1.82, 2.24) is 5.32 Å². The molecule has 1 N–H and O–H groups in total. The molecule has 1 aromatic carbocycles. The summed E-state index contributed by atoms with van der Waals surface area (Å²) in [6.07, 6.45) is -3.36. The molecule has 1 aromatic rings. The third kappa shape index (κ3) is 3.65. The number of halogens is 3. The lowest BCUT2D eigenvalue weighted by atomic mass is 10.1. The van der Waals surface area contributed by atoms with Crippen molar-refractivity contribution < 1.29 is 17.9 Å². The van der Waals surface area contributed by atoms with Crippen LogP contribution in [0.4, 0.5) is 13.2 Å². The van der Waals surface area contributed by atoms with Gasteiger partial charge in [-0.2, -0.15) is 13.2 Å². The maximum atomic E-state index is 12.0. The van der Waals surface area contributed by atoms with Gasteiger partial charge < -0.3 is 10.1 Å². The fraction of sp³-hybridized carbons (Fsp3) is 0.417. The Bertz CT molecular complexity index is 443. The quantitative estimate of drug-likeness (QED) is 0.903. The molecule has 0 bridgehead atoms. The number of benzene rings is 1. The molecule has 2 rings (SSSR count). The molecule has 1 aliphatic heterocycles. The number of alkyl halides is 3. The van der Waals surface area contributed by atoms with Gasteiger partial charge in [0.25, 0.3) is 0 Å². The van der Waals surface area contributed by atoms with Gasteiger partial charge in [0.05, 0.1) is 0 Å². The molecular weight excluding hydrogens is 245 g/mol. The molecule has 0 saturated heterocycles. The minimum Gasteiger partial charge on any atom is -0.484 e. The fourth-order valence-corrected chi connectivity index (χ4v) is 1.62. The lowest BCUT2D eigenvalue weighted by Crippen LogP contribution is -2.30. The van der Waals surface area contributed by atoms with E-state index in [2.05, 4.69) is 10.3 Å². The highest BCUT2D eigenvalue weighted by atomic mass is 19.4. The fourth-order valence-electron chi connectivity index (χ4n) is 1.62. The lowest BCUT2D eigenvalue weighted by molar-refractivity contribution is -0.153. The normalized spacial score (nSPS) is 15.8. The first-order chi connectivity index (χ1) is 8.54. The third-order valence-corrected chi connectivity index (χ3v) is 2.41. The van der Waals surface area contributed by atoms with Crippen molar-refractivity contribution in [3.8, 4) is 5.75 Å². The van der Waals surface area contributed by atoms with Crippen LogP contribution in [0, 0.1) is 0 Å². The number of hydrogen-bond acceptors (Lipinski definition) is 3. The van der Waals surface area contributed by atoms with Crippen LogP contribution in [0.1, 0.15) is 12.0 Å². The zero-order valence-electron chi connectivity index (χ0n) is 9.63. The van der Waals surface area contributed by atoms with Crippen molar-refractivity contribution in [3.63, 3.8) is 0 Å². The maximum absolute atomic E-state index is 12.0. The zero-order chi connectivity index (χ0) is 13.0. The molecule has 0 fully saturated rings. The van der Waals surface area contributed by atoms with Gasteiger partial charge in [-0.1, -0.05) is 12.1 Å². The molecular formula is C12H13F3N2O. The second kappa shape index (κ2) is 5.29. The van der Waals surface area contributed by atoms with Crippen LogP contribution in [-0.2, 0) is 0 Å². The Hall–Kier alpha value is -1.72. The summed E-state index contributed by atoms with van der Waals surface area (Å²) in [5.74, 6) is 0.901. The van der Waals surface area contributed by atoms with E-state index in [9.17, 15) is 13.2 Å². The van der Waals surface area contributed by atoms with Crippen molar-refractivity contribution >= 4 is 5.84 Å². The van der Waals surface area contributed by atoms with Gasteiger partial charge in [0.2, 0.25) is 0 Å². The minimum atomic E-state index is -4.32. The van der Waals surface area contributed by atoms with Crippen LogP contribution in [0.3, 0.4) is 0 Å². The highest BCUT2D eigenvalue weighted by Gasteiger charge is 2.28. The minimum absolute atomic E-state index is 0.194. The molecule has 0 atom stereocenters. The van der Waals surface area contributed by atoms with Gasteiger partial charge in [-0.15, -0.1) is 0 Å². The first-order valence-electron chi connectivity index (χ1n) is 5.63. The number of aliphatic imine (C=N–C) groups is 1. The molecule has 0 aliphatic carbocycles. The van der Waals surface area contributed by atoms with Crippen LogP contribution in [-0.4, -0.2) is 31.7 Å². The highest BCUT2D eigenvalue weighted by molar-refractivity contribution is 5.99. The van der Waals surface area contributed by atoms with E-state index in [-0.39, 0.29) is 5.75 Å². The van der Waals surface area contributed by atoms with E-state index in [1.54, 1.807) is 18.2 Å². The molecule has 98 valence electrons. The van der Waals surface area contributed by atoms with Crippen molar-refractivity contribution in [2.24, 2.45) is 4.99 Å². The summed E-state index contributed by atoms with van der Waals surface area (Å²) in [7, 11) is 0. The predicted molar refractivity (Wildman–Crippen MR) is 62.0 cm³/mol. The van der Waals surface area contributed by atoms with Crippen LogP contribution < -0.4 is 10.1 Å². The largest absolute Gasteiger partial charge is 0.484 e. The molecule has 3 nitrogen and oxygen atoms in total. The Morgan fingerprint density at radius 2 is 2.17 bits per heavy atom. The van der Waals surface area contributed by atoms with Crippen LogP contribution >= 0.6 is 0 Å². The van der Waals surface area contributed by atoms with Gasteiger partial charge in [0.1, 0.15) is 11.6 Å². The Kier molecular flexibility index (Phi) is 3.74. The summed E-state index contributed by atoms with van der Waals surface area (Å²) in [5, 5.41) is 3.11. The monoisotopic (exact) mass is 258 g/mol. The molecule has 1 heterocycles. The standard InChI is InChI=1S/C12H13F3N2O/c13-12(14,15)8-18-10-4-1-3-9(7-10)11-16-5-2-6-17-11/h1,3-4,7H,2,5-6,8H2,(H,16,17). The van der Waals surface area contributed by atoms with E-state index in [1.165, 1.54) is 6.07 Å². The van der Waals surface area contributed by atoms with Crippen LogP contribution in [0.2, 0.25) is 0 Å². The smallest absolute Gasteiger partial charge is 0.422 e. The number of nitrogens with zero attached hydrogens (tertiary/aromatic N) is 1. The van der Waals surface area contributed by atoms with E-state index in [1.807, 2.05) is 0 Å². The van der Waals surface area contributed by atoms with Gasteiger partial charge in [-0.3, -0.25) is 4.99 Å². The Balaban J connectivity index is 2.07. The van der Waals surface area contributed by atoms with Crippen molar-refractivity contribution in [2.45, 2.75) is 12.6 Å². The van der Waals surface area contributed by atoms with E-state index >= 15 is 0 Å². The molecule has 1 aliphatic rings. The number of amidine groups is 1. The van der Waals surface area contributed by atoms with Crippen LogP contribution in [0.5, 0.6) is 5.75 Å². The van der Waals surface area contributed by atoms with Crippen LogP contribution in [0.25, 0.3) is 0 Å². The molecule has 6 heteroatoms. The van der Waals surface area contributed by atoms with E-state index in [0.717, 1.165) is 25.1 Å². The second-order valence-electron chi connectivity index (χ2n) is 3.94. The summed E-state index contributed by atoms with van der Waals surface area (Å²) < 4.78 is 40.8. The first-order valence-corrected chi connectivity index (χ1v) is 5.63. The lowest BCUT2D eigenvalue weighted by Gasteiger charge is -2.15. The predicted octanol–water partition coefficient (Wildman–Crippen LogP) is 2.37. The summed E-state index contributed by atoms with van der Waals surface area (Å²) >= 11 is 0. The summed E-state index contributed by atoms with van der Waals surface area (Å²) in [4.78, 5) is 4.28. The second-order valence-corrected chi connectivity index (χ2v) is 3.94. The number of hydrogen-bond donors (Lipinski definition) is 1. The first kappa shape index (κ1) is 12.7. The van der Waals surface area contributed by atoms with Crippen molar-refractivity contribution in [1.29, 1.82) is 0 Å². The highest BCUT2D eigenvalue weighted by Crippen LogP contribution is 2.19. The van der Waals surface area contributed by atoms with Crippen molar-refractivity contribution in [2.75, 3.05) is 19.7 Å². The molecule has 0 unspecified atom stereocenters. The molecule has 0 aromatic heterocycles. The average Bonchev–Trinajstić information content (AvgIpc) is 2.37. The van der Waals surface area contributed by atoms with Gasteiger partial charge in [0, 0.05) is 18.7 Å². The summed E-state index contributed by atoms with van der Waals surface area (Å²) in [6.45, 7) is 0.277. The molecule has 0 radical (unpaired) electrons. The number of rotatable bonds is 3. The number of ether oxygens (including phenoxy) is 1.